The van der Waals surface area contributed by atoms with Gasteiger partial charge in [0.15, 0.2) is 18.1 Å². The highest BCUT2D eigenvalue weighted by atomic mass is 32.2. The van der Waals surface area contributed by atoms with Crippen molar-refractivity contribution >= 4 is 58.2 Å². The van der Waals surface area contributed by atoms with Gasteiger partial charge in [-0.1, -0.05) is 29.5 Å². The number of rotatable bonds is 9. The first-order chi connectivity index (χ1) is 25.9. The maximum Gasteiger partial charge on any atom is 0.418 e. The second-order valence-electron chi connectivity index (χ2n) is 13.5. The molecule has 1 aromatic heterocycles. The molecule has 2 bridgehead atoms. The second-order valence-corrected chi connectivity index (χ2v) is 15.7. The zero-order valence-electron chi connectivity index (χ0n) is 28.7. The highest BCUT2D eigenvalue weighted by Crippen LogP contribution is 2.69. The van der Waals surface area contributed by atoms with Crippen LogP contribution in [0.1, 0.15) is 45.6 Å². The van der Waals surface area contributed by atoms with Crippen LogP contribution < -0.4 is 24.6 Å². The molecule has 11 nitrogen and oxygen atoms in total. The Balaban J connectivity index is 1.06. The number of thioether (sulfide) groups is 1. The van der Waals surface area contributed by atoms with E-state index in [-0.39, 0.29) is 63.7 Å². The van der Waals surface area contributed by atoms with Crippen LogP contribution in [0.2, 0.25) is 0 Å². The number of nitrogens with one attached hydrogen (secondary N) is 2. The summed E-state index contributed by atoms with van der Waals surface area (Å²) in [6.07, 6.45) is -3.99. The van der Waals surface area contributed by atoms with E-state index >= 15 is 0 Å². The summed E-state index contributed by atoms with van der Waals surface area (Å²) < 4.78 is 56.8. The van der Waals surface area contributed by atoms with Gasteiger partial charge >= 0.3 is 17.0 Å². The smallest absolute Gasteiger partial charge is 0.418 e. The molecule has 2 aliphatic carbocycles. The van der Waals surface area contributed by atoms with Crippen LogP contribution in [-0.2, 0) is 25.3 Å². The molecule has 280 valence electrons. The summed E-state index contributed by atoms with van der Waals surface area (Å²) in [7, 11) is 1.42. The minimum Gasteiger partial charge on any atom is -0.493 e. The molecule has 8 rings (SSSR count). The fourth-order valence-electron chi connectivity index (χ4n) is 8.77. The number of alkyl halides is 3. The maximum absolute atomic E-state index is 14.2. The number of H-pyrrole nitrogens is 1. The molecule has 0 spiro atoms. The second kappa shape index (κ2) is 13.6. The summed E-state index contributed by atoms with van der Waals surface area (Å²) in [4.78, 5) is 70.6. The molecular weight excluding hydrogens is 748 g/mol. The van der Waals surface area contributed by atoms with Crippen LogP contribution >= 0.6 is 23.1 Å². The van der Waals surface area contributed by atoms with Gasteiger partial charge in [0, 0.05) is 16.0 Å². The number of carbonyl (C=O) groups is 4. The number of methoxy groups -OCH3 is 1. The third-order valence-electron chi connectivity index (χ3n) is 10.8. The number of halogens is 3. The van der Waals surface area contributed by atoms with Crippen molar-refractivity contribution in [2.24, 2.45) is 29.6 Å². The first kappa shape index (κ1) is 35.9. The van der Waals surface area contributed by atoms with Crippen LogP contribution in [0.25, 0.3) is 0 Å². The van der Waals surface area contributed by atoms with Gasteiger partial charge < -0.3 is 24.5 Å². The number of hydrogen-bond acceptors (Lipinski definition) is 10. The molecule has 2 aliphatic heterocycles. The van der Waals surface area contributed by atoms with Crippen LogP contribution in [0, 0.1) is 29.6 Å². The van der Waals surface area contributed by atoms with Gasteiger partial charge in [0.1, 0.15) is 0 Å². The van der Waals surface area contributed by atoms with E-state index < -0.39 is 47.7 Å². The molecular formula is C38H32F3N3O8S2. The first-order valence-electron chi connectivity index (χ1n) is 17.2. The van der Waals surface area contributed by atoms with Crippen molar-refractivity contribution in [2.75, 3.05) is 30.5 Å². The molecule has 2 saturated carbocycles. The van der Waals surface area contributed by atoms with Gasteiger partial charge in [0.2, 0.25) is 11.8 Å². The Morgan fingerprint density at radius 3 is 2.39 bits per heavy atom. The number of thiazole rings is 1. The highest BCUT2D eigenvalue weighted by molar-refractivity contribution is 8.00. The molecule has 3 heterocycles. The fourth-order valence-corrected chi connectivity index (χ4v) is 11.7. The Morgan fingerprint density at radius 1 is 0.963 bits per heavy atom. The number of aromatic amines is 1. The number of fused-ring (bicyclic) bond motifs is 9. The van der Waals surface area contributed by atoms with Gasteiger partial charge in [-0.2, -0.15) is 13.2 Å². The summed E-state index contributed by atoms with van der Waals surface area (Å²) in [5, 5.41) is 2.90. The molecule has 16 heteroatoms. The third-order valence-corrected chi connectivity index (χ3v) is 13.4. The molecule has 3 aromatic carbocycles. The minimum absolute atomic E-state index is 0.0768. The van der Waals surface area contributed by atoms with E-state index in [4.69, 9.17) is 14.2 Å². The van der Waals surface area contributed by atoms with Gasteiger partial charge in [-0.3, -0.25) is 24.1 Å². The number of imide groups is 1. The van der Waals surface area contributed by atoms with E-state index in [2.05, 4.69) is 10.3 Å². The lowest BCUT2D eigenvalue weighted by Crippen LogP contribution is -2.42. The number of benzene rings is 3. The van der Waals surface area contributed by atoms with Crippen LogP contribution in [0.5, 0.6) is 11.5 Å². The first-order valence-corrected chi connectivity index (χ1v) is 18.9. The Kier molecular flexibility index (Phi) is 9.07. The van der Waals surface area contributed by atoms with E-state index in [1.54, 1.807) is 49.0 Å². The topological polar surface area (TPSA) is 144 Å². The molecule has 4 aromatic rings. The number of carbonyl (C=O) groups excluding carboxylic acids is 4. The molecule has 2 N–H and O–H groups in total. The normalized spacial score (nSPS) is 25.2. The van der Waals surface area contributed by atoms with Gasteiger partial charge in [-0.05, 0) is 85.2 Å². The fraction of sp³-hybridized carbons (Fsp3) is 0.342. The zero-order chi connectivity index (χ0) is 38.1. The SMILES string of the molecule is CCOC(=O)c1ccc(N2C(=O)[C@H]3[C@H]4C[C@@H]([C@@H]3C2=O)[C@@H]2[C@H](c3ccc(OCC(=O)Nc5ccccc5C(F)(F)F)c(OC)c3)c3sc(=O)[nH]c3S[C@H]42)cc1. The van der Waals surface area contributed by atoms with Crippen molar-refractivity contribution < 1.29 is 46.6 Å². The highest BCUT2D eigenvalue weighted by Gasteiger charge is 2.69. The van der Waals surface area contributed by atoms with E-state index in [0.29, 0.717) is 17.7 Å². The minimum atomic E-state index is -4.66. The Hall–Kier alpha value is -5.09. The van der Waals surface area contributed by atoms with Gasteiger partial charge in [0.05, 0.1) is 53.1 Å². The molecule has 7 atom stereocenters. The summed E-state index contributed by atoms with van der Waals surface area (Å²) in [5.41, 5.74) is 0.108. The number of para-hydroxylation sites is 1. The number of nitrogens with zero attached hydrogens (tertiary/aromatic N) is 1. The summed E-state index contributed by atoms with van der Waals surface area (Å²) in [5.74, 6) is -3.22. The predicted octanol–water partition coefficient (Wildman–Crippen LogP) is 6.34. The van der Waals surface area contributed by atoms with Crippen molar-refractivity contribution in [3.63, 3.8) is 0 Å². The standard InChI is InChI=1S/C38H32F3N3O8S2/c1-3-51-36(48)17-8-11-19(12-9-17)44-34(46)29-20-15-21(30(29)35(44)47)31-28(20)27(32-33(53-31)43-37(49)54-32)18-10-13-24(25(14-18)50-2)52-16-26(45)42-23-7-5-4-6-22(23)38(39,40)41/h4-14,20-21,27-31H,3,15-16H2,1-2H3,(H,42,45)(H,43,49)/t20-,21-,27+,28-,29+,30+,31-/m1/s1. The van der Waals surface area contributed by atoms with Crippen LogP contribution in [0.15, 0.2) is 76.6 Å². The van der Waals surface area contributed by atoms with Gasteiger partial charge in [0.25, 0.3) is 5.91 Å². The molecule has 3 fully saturated rings. The van der Waals surface area contributed by atoms with Crippen molar-refractivity contribution in [2.45, 2.75) is 35.7 Å². The van der Waals surface area contributed by atoms with Gasteiger partial charge in [-0.25, -0.2) is 4.79 Å². The largest absolute Gasteiger partial charge is 0.493 e. The van der Waals surface area contributed by atoms with Crippen LogP contribution in [0.4, 0.5) is 24.5 Å². The lowest BCUT2D eigenvalue weighted by Gasteiger charge is -2.43. The molecule has 54 heavy (non-hydrogen) atoms. The number of aromatic nitrogens is 1. The third kappa shape index (κ3) is 5.95. The molecule has 0 radical (unpaired) electrons. The van der Waals surface area contributed by atoms with Gasteiger partial charge in [-0.15, -0.1) is 11.8 Å². The number of esters is 1. The Morgan fingerprint density at radius 2 is 1.69 bits per heavy atom. The molecule has 1 saturated heterocycles. The Bertz CT molecular complexity index is 2240. The van der Waals surface area contributed by atoms with E-state index in [9.17, 15) is 37.1 Å². The number of ether oxygens (including phenoxy) is 3. The van der Waals surface area contributed by atoms with Crippen molar-refractivity contribution in [3.8, 4) is 11.5 Å². The predicted molar refractivity (Wildman–Crippen MR) is 192 cm³/mol. The quantitative estimate of drug-likeness (QED) is 0.147. The van der Waals surface area contributed by atoms with E-state index in [1.807, 2.05) is 0 Å². The Labute approximate surface area is 314 Å². The summed E-state index contributed by atoms with van der Waals surface area (Å²) in [6, 6.07) is 16.0. The summed E-state index contributed by atoms with van der Waals surface area (Å²) in [6.45, 7) is 1.33. The van der Waals surface area contributed by atoms with Crippen LogP contribution in [-0.4, -0.2) is 54.2 Å². The van der Waals surface area contributed by atoms with E-state index in [0.717, 1.165) is 38.9 Å². The summed E-state index contributed by atoms with van der Waals surface area (Å²) >= 11 is 2.65. The van der Waals surface area contributed by atoms with Crippen molar-refractivity contribution in [3.05, 3.63) is 98.0 Å². The number of anilines is 2. The number of amides is 3. The van der Waals surface area contributed by atoms with Crippen LogP contribution in [0.3, 0.4) is 0 Å². The monoisotopic (exact) mass is 779 g/mol. The average molecular weight is 780 g/mol. The number of hydrogen-bond donors (Lipinski definition) is 2. The van der Waals surface area contributed by atoms with Crippen molar-refractivity contribution in [1.82, 2.24) is 4.98 Å². The lowest BCUT2D eigenvalue weighted by molar-refractivity contribution is -0.137. The average Bonchev–Trinajstić information content (AvgIpc) is 3.89. The molecule has 4 aliphatic rings. The lowest BCUT2D eigenvalue weighted by atomic mass is 9.68. The molecule has 0 unspecified atom stereocenters. The molecule has 3 amide bonds. The maximum atomic E-state index is 14.2. The zero-order valence-corrected chi connectivity index (χ0v) is 30.3. The van der Waals surface area contributed by atoms with Crippen molar-refractivity contribution in [1.29, 1.82) is 0 Å². The van der Waals surface area contributed by atoms with E-state index in [1.165, 1.54) is 36.3 Å².